The molecule has 2 aromatic rings. The quantitative estimate of drug-likeness (QED) is 0.565. The van der Waals surface area contributed by atoms with Crippen molar-refractivity contribution in [3.05, 3.63) is 66.2 Å². The van der Waals surface area contributed by atoms with Gasteiger partial charge in [0.25, 0.3) is 11.8 Å². The lowest BCUT2D eigenvalue weighted by atomic mass is 10.0. The van der Waals surface area contributed by atoms with Gasteiger partial charge < -0.3 is 15.0 Å². The van der Waals surface area contributed by atoms with E-state index in [9.17, 15) is 22.8 Å². The standard InChI is InChI=1S/C24H29N3O6S/c1-18(2)22(25-23(29)19-9-5-3-6-10-19)24(30)33-17-21(28)26-13-15-27(16-14-26)34(31,32)20-11-7-4-8-12-20/h3-12,18,22H,13-17H2,1-2H3,(H,25,29)/t22-/m0/s1. The van der Waals surface area contributed by atoms with Crippen LogP contribution < -0.4 is 5.32 Å². The smallest absolute Gasteiger partial charge is 0.329 e. The molecule has 1 N–H and O–H groups in total. The molecule has 10 heteroatoms. The van der Waals surface area contributed by atoms with Crippen molar-refractivity contribution in [3.8, 4) is 0 Å². The Kier molecular flexibility index (Phi) is 8.41. The van der Waals surface area contributed by atoms with Gasteiger partial charge >= 0.3 is 5.97 Å². The van der Waals surface area contributed by atoms with Crippen LogP contribution in [0.2, 0.25) is 0 Å². The predicted molar refractivity (Wildman–Crippen MR) is 125 cm³/mol. The van der Waals surface area contributed by atoms with E-state index < -0.39 is 40.5 Å². The molecule has 0 bridgehead atoms. The molecule has 0 aliphatic carbocycles. The average Bonchev–Trinajstić information content (AvgIpc) is 2.86. The fraction of sp³-hybridized carbons (Fsp3) is 0.375. The summed E-state index contributed by atoms with van der Waals surface area (Å²) in [6, 6.07) is 15.7. The highest BCUT2D eigenvalue weighted by atomic mass is 32.2. The summed E-state index contributed by atoms with van der Waals surface area (Å²) in [6.45, 7) is 3.75. The molecule has 1 aliphatic rings. The molecule has 0 spiro atoms. The number of hydrogen-bond donors (Lipinski definition) is 1. The van der Waals surface area contributed by atoms with Gasteiger partial charge in [-0.05, 0) is 30.2 Å². The van der Waals surface area contributed by atoms with Crippen LogP contribution in [0.4, 0.5) is 0 Å². The second-order valence-electron chi connectivity index (χ2n) is 8.27. The second kappa shape index (κ2) is 11.3. The highest BCUT2D eigenvalue weighted by molar-refractivity contribution is 7.89. The molecule has 1 fully saturated rings. The third-order valence-corrected chi connectivity index (χ3v) is 7.47. The van der Waals surface area contributed by atoms with Crippen LogP contribution in [-0.2, 0) is 24.3 Å². The van der Waals surface area contributed by atoms with Crippen molar-refractivity contribution in [1.82, 2.24) is 14.5 Å². The van der Waals surface area contributed by atoms with Gasteiger partial charge in [-0.15, -0.1) is 0 Å². The summed E-state index contributed by atoms with van der Waals surface area (Å²) in [7, 11) is -3.62. The first-order chi connectivity index (χ1) is 16.2. The van der Waals surface area contributed by atoms with Crippen molar-refractivity contribution in [3.63, 3.8) is 0 Å². The molecule has 2 aromatic carbocycles. The van der Waals surface area contributed by atoms with E-state index in [4.69, 9.17) is 4.74 Å². The van der Waals surface area contributed by atoms with Crippen LogP contribution in [0.25, 0.3) is 0 Å². The van der Waals surface area contributed by atoms with Crippen molar-refractivity contribution in [1.29, 1.82) is 0 Å². The van der Waals surface area contributed by atoms with Gasteiger partial charge in [-0.25, -0.2) is 13.2 Å². The van der Waals surface area contributed by atoms with Crippen molar-refractivity contribution in [2.75, 3.05) is 32.8 Å². The Labute approximate surface area is 199 Å². The number of ether oxygens (including phenoxy) is 1. The monoisotopic (exact) mass is 487 g/mol. The second-order valence-corrected chi connectivity index (χ2v) is 10.2. The Morgan fingerprint density at radius 2 is 1.47 bits per heavy atom. The molecule has 1 saturated heterocycles. The minimum absolute atomic E-state index is 0.151. The van der Waals surface area contributed by atoms with Crippen molar-refractivity contribution in [2.45, 2.75) is 24.8 Å². The lowest BCUT2D eigenvalue weighted by Gasteiger charge is -2.34. The molecular weight excluding hydrogens is 458 g/mol. The third-order valence-electron chi connectivity index (χ3n) is 5.55. The summed E-state index contributed by atoms with van der Waals surface area (Å²) in [5, 5.41) is 2.66. The number of hydrogen-bond acceptors (Lipinski definition) is 6. The van der Waals surface area contributed by atoms with Crippen LogP contribution in [0.1, 0.15) is 24.2 Å². The van der Waals surface area contributed by atoms with Crippen molar-refractivity contribution >= 4 is 27.8 Å². The maximum atomic E-state index is 12.7. The number of rotatable bonds is 8. The lowest BCUT2D eigenvalue weighted by molar-refractivity contribution is -0.154. The van der Waals surface area contributed by atoms with Crippen LogP contribution in [-0.4, -0.2) is 74.2 Å². The van der Waals surface area contributed by atoms with Gasteiger partial charge in [-0.1, -0.05) is 50.2 Å². The van der Waals surface area contributed by atoms with E-state index >= 15 is 0 Å². The largest absolute Gasteiger partial charge is 0.454 e. The predicted octanol–water partition coefficient (Wildman–Crippen LogP) is 1.52. The summed E-state index contributed by atoms with van der Waals surface area (Å²) in [4.78, 5) is 39.2. The molecule has 9 nitrogen and oxygen atoms in total. The van der Waals surface area contributed by atoms with Crippen LogP contribution in [0.15, 0.2) is 65.6 Å². The Morgan fingerprint density at radius 3 is 2.03 bits per heavy atom. The molecule has 182 valence electrons. The van der Waals surface area contributed by atoms with E-state index in [2.05, 4.69) is 5.32 Å². The van der Waals surface area contributed by atoms with E-state index in [1.165, 1.54) is 21.3 Å². The fourth-order valence-corrected chi connectivity index (χ4v) is 4.99. The first-order valence-electron chi connectivity index (χ1n) is 11.1. The molecule has 34 heavy (non-hydrogen) atoms. The fourth-order valence-electron chi connectivity index (χ4n) is 3.55. The molecule has 1 atom stereocenters. The van der Waals surface area contributed by atoms with E-state index in [1.54, 1.807) is 62.4 Å². The lowest BCUT2D eigenvalue weighted by Crippen LogP contribution is -2.52. The van der Waals surface area contributed by atoms with Crippen LogP contribution in [0, 0.1) is 5.92 Å². The van der Waals surface area contributed by atoms with Gasteiger partial charge in [0, 0.05) is 31.7 Å². The number of amides is 2. The van der Waals surface area contributed by atoms with Gasteiger partial charge in [0.1, 0.15) is 6.04 Å². The molecule has 0 unspecified atom stereocenters. The minimum Gasteiger partial charge on any atom is -0.454 e. The molecular formula is C24H29N3O6S. The van der Waals surface area contributed by atoms with Gasteiger partial charge in [0.15, 0.2) is 6.61 Å². The van der Waals surface area contributed by atoms with Crippen LogP contribution in [0.3, 0.4) is 0 Å². The minimum atomic E-state index is -3.62. The summed E-state index contributed by atoms with van der Waals surface area (Å²) in [5.74, 6) is -1.76. The topological polar surface area (TPSA) is 113 Å². The zero-order valence-corrected chi connectivity index (χ0v) is 20.0. The van der Waals surface area contributed by atoms with Gasteiger partial charge in [-0.3, -0.25) is 9.59 Å². The number of carbonyl (C=O) groups is 3. The molecule has 2 amide bonds. The Morgan fingerprint density at radius 1 is 0.912 bits per heavy atom. The number of carbonyl (C=O) groups excluding carboxylic acids is 3. The summed E-state index contributed by atoms with van der Waals surface area (Å²) in [6.07, 6.45) is 0. The highest BCUT2D eigenvalue weighted by Gasteiger charge is 2.31. The first-order valence-corrected chi connectivity index (χ1v) is 12.5. The SMILES string of the molecule is CC(C)[C@H](NC(=O)c1ccccc1)C(=O)OCC(=O)N1CCN(S(=O)(=O)c2ccccc2)CC1. The number of nitrogens with one attached hydrogen (secondary N) is 1. The first kappa shape index (κ1) is 25.4. The van der Waals surface area contributed by atoms with Crippen molar-refractivity contribution < 1.29 is 27.5 Å². The van der Waals surface area contributed by atoms with E-state index in [0.29, 0.717) is 5.56 Å². The number of benzene rings is 2. The Bertz CT molecular complexity index is 1100. The zero-order valence-electron chi connectivity index (χ0n) is 19.2. The van der Waals surface area contributed by atoms with Gasteiger partial charge in [0.05, 0.1) is 4.90 Å². The zero-order chi connectivity index (χ0) is 24.7. The van der Waals surface area contributed by atoms with E-state index in [1.807, 2.05) is 0 Å². The van der Waals surface area contributed by atoms with E-state index in [0.717, 1.165) is 0 Å². The van der Waals surface area contributed by atoms with Crippen LogP contribution in [0.5, 0.6) is 0 Å². The maximum Gasteiger partial charge on any atom is 0.329 e. The van der Waals surface area contributed by atoms with Crippen molar-refractivity contribution in [2.24, 2.45) is 5.92 Å². The highest BCUT2D eigenvalue weighted by Crippen LogP contribution is 2.17. The molecule has 1 heterocycles. The number of sulfonamides is 1. The molecule has 0 aromatic heterocycles. The number of nitrogens with zero attached hydrogens (tertiary/aromatic N) is 2. The number of esters is 1. The Balaban J connectivity index is 1.51. The number of piperazine rings is 1. The summed E-state index contributed by atoms with van der Waals surface area (Å²) in [5.41, 5.74) is 0.417. The summed E-state index contributed by atoms with van der Waals surface area (Å²) < 4.78 is 32.0. The molecule has 0 radical (unpaired) electrons. The molecule has 0 saturated carbocycles. The summed E-state index contributed by atoms with van der Waals surface area (Å²) >= 11 is 0. The maximum absolute atomic E-state index is 12.7. The normalized spacial score (nSPS) is 15.6. The van der Waals surface area contributed by atoms with Gasteiger partial charge in [0.2, 0.25) is 10.0 Å². The third kappa shape index (κ3) is 6.21. The van der Waals surface area contributed by atoms with Gasteiger partial charge in [-0.2, -0.15) is 4.31 Å². The Hall–Kier alpha value is -3.24. The molecule has 1 aliphatic heterocycles. The van der Waals surface area contributed by atoms with E-state index in [-0.39, 0.29) is 37.0 Å². The average molecular weight is 488 g/mol. The van der Waals surface area contributed by atoms with Crippen LogP contribution >= 0.6 is 0 Å². The molecule has 3 rings (SSSR count).